The van der Waals surface area contributed by atoms with Gasteiger partial charge in [-0.05, 0) is 13.8 Å². The van der Waals surface area contributed by atoms with E-state index in [0.29, 0.717) is 5.56 Å². The summed E-state index contributed by atoms with van der Waals surface area (Å²) in [5, 5.41) is 2.42. The number of hydrogen-bond donors (Lipinski definition) is 2. The second-order valence-electron chi connectivity index (χ2n) is 4.50. The highest BCUT2D eigenvalue weighted by molar-refractivity contribution is 6.08. The number of nitrogens with two attached hydrogens (primary N) is 1. The first-order chi connectivity index (χ1) is 8.33. The van der Waals surface area contributed by atoms with Crippen molar-refractivity contribution in [2.45, 2.75) is 25.8 Å². The fourth-order valence-corrected chi connectivity index (χ4v) is 1.33. The van der Waals surface area contributed by atoms with Crippen LogP contribution in [0.15, 0.2) is 30.3 Å². The van der Waals surface area contributed by atoms with Crippen LogP contribution in [0.3, 0.4) is 0 Å². The highest BCUT2D eigenvalue weighted by atomic mass is 16.2. The van der Waals surface area contributed by atoms with Gasteiger partial charge in [0.2, 0.25) is 11.8 Å². The lowest BCUT2D eigenvalue weighted by Gasteiger charge is -2.21. The van der Waals surface area contributed by atoms with Crippen molar-refractivity contribution >= 4 is 17.6 Å². The Morgan fingerprint density at radius 2 is 1.72 bits per heavy atom. The molecule has 0 aliphatic rings. The Morgan fingerprint density at radius 1 is 1.17 bits per heavy atom. The molecule has 18 heavy (non-hydrogen) atoms. The van der Waals surface area contributed by atoms with E-state index in [2.05, 4.69) is 5.32 Å². The third kappa shape index (κ3) is 3.69. The molecule has 0 fully saturated rings. The molecule has 2 amide bonds. The fourth-order valence-electron chi connectivity index (χ4n) is 1.33. The van der Waals surface area contributed by atoms with Crippen molar-refractivity contribution < 1.29 is 14.4 Å². The summed E-state index contributed by atoms with van der Waals surface area (Å²) in [5.41, 5.74) is 4.43. The minimum absolute atomic E-state index is 0.298. The lowest BCUT2D eigenvalue weighted by Crippen LogP contribution is -2.53. The topological polar surface area (TPSA) is 89.3 Å². The predicted molar refractivity (Wildman–Crippen MR) is 66.8 cm³/mol. The molecular formula is C13H16N2O3. The number of carbonyl (C=O) groups excluding carboxylic acids is 3. The first-order valence-electron chi connectivity index (χ1n) is 5.52. The van der Waals surface area contributed by atoms with Gasteiger partial charge in [-0.25, -0.2) is 0 Å². The maximum absolute atomic E-state index is 11.7. The van der Waals surface area contributed by atoms with Crippen molar-refractivity contribution in [3.8, 4) is 0 Å². The smallest absolute Gasteiger partial charge is 0.242 e. The predicted octanol–water partition coefficient (Wildman–Crippen LogP) is 0.639. The van der Waals surface area contributed by atoms with Gasteiger partial charge in [0.05, 0.1) is 6.42 Å². The summed E-state index contributed by atoms with van der Waals surface area (Å²) >= 11 is 0. The summed E-state index contributed by atoms with van der Waals surface area (Å²) in [7, 11) is 0. The van der Waals surface area contributed by atoms with Crippen LogP contribution in [0.4, 0.5) is 0 Å². The summed E-state index contributed by atoms with van der Waals surface area (Å²) in [6.07, 6.45) is -0.305. The average molecular weight is 248 g/mol. The normalized spacial score (nSPS) is 10.8. The van der Waals surface area contributed by atoms with E-state index in [4.69, 9.17) is 5.73 Å². The molecule has 0 bridgehead atoms. The van der Waals surface area contributed by atoms with Crippen LogP contribution in [0.5, 0.6) is 0 Å². The molecule has 0 saturated heterocycles. The molecule has 1 rings (SSSR count). The Labute approximate surface area is 105 Å². The molecule has 0 radical (unpaired) electrons. The fraction of sp³-hybridized carbons (Fsp3) is 0.308. The van der Waals surface area contributed by atoms with Gasteiger partial charge in [0.15, 0.2) is 5.78 Å². The molecule has 0 aromatic heterocycles. The lowest BCUT2D eigenvalue weighted by atomic mass is 10.0. The number of rotatable bonds is 5. The van der Waals surface area contributed by atoms with Crippen LogP contribution in [0.25, 0.3) is 0 Å². The van der Waals surface area contributed by atoms with Crippen molar-refractivity contribution in [1.29, 1.82) is 0 Å². The number of amides is 2. The zero-order valence-electron chi connectivity index (χ0n) is 10.4. The van der Waals surface area contributed by atoms with Gasteiger partial charge in [-0.2, -0.15) is 0 Å². The summed E-state index contributed by atoms with van der Waals surface area (Å²) in [5.74, 6) is -1.47. The van der Waals surface area contributed by atoms with Gasteiger partial charge >= 0.3 is 0 Å². The Balaban J connectivity index is 2.62. The third-order valence-corrected chi connectivity index (χ3v) is 2.48. The van der Waals surface area contributed by atoms with Crippen molar-refractivity contribution in [2.75, 3.05) is 0 Å². The number of ketones is 1. The minimum Gasteiger partial charge on any atom is -0.368 e. The van der Waals surface area contributed by atoms with Gasteiger partial charge in [0.25, 0.3) is 0 Å². The lowest BCUT2D eigenvalue weighted by molar-refractivity contribution is -0.129. The van der Waals surface area contributed by atoms with Gasteiger partial charge in [-0.1, -0.05) is 30.3 Å². The maximum atomic E-state index is 11.7. The van der Waals surface area contributed by atoms with Gasteiger partial charge in [0, 0.05) is 5.56 Å². The molecular weight excluding hydrogens is 232 g/mol. The van der Waals surface area contributed by atoms with E-state index in [1.807, 2.05) is 0 Å². The van der Waals surface area contributed by atoms with E-state index >= 15 is 0 Å². The zero-order chi connectivity index (χ0) is 13.8. The maximum Gasteiger partial charge on any atom is 0.242 e. The van der Waals surface area contributed by atoms with Crippen LogP contribution in [0, 0.1) is 0 Å². The van der Waals surface area contributed by atoms with Gasteiger partial charge in [-0.15, -0.1) is 0 Å². The van der Waals surface area contributed by atoms with Crippen LogP contribution in [0.1, 0.15) is 30.6 Å². The Kier molecular flexibility index (Phi) is 4.20. The third-order valence-electron chi connectivity index (χ3n) is 2.48. The number of nitrogens with one attached hydrogen (secondary N) is 1. The highest BCUT2D eigenvalue weighted by Gasteiger charge is 2.27. The standard InChI is InChI=1S/C13H16N2O3/c1-13(2,12(14)18)15-11(17)8-10(16)9-6-4-3-5-7-9/h3-7H,8H2,1-2H3,(H2,14,18)(H,15,17). The van der Waals surface area contributed by atoms with Crippen molar-refractivity contribution in [3.63, 3.8) is 0 Å². The zero-order valence-corrected chi connectivity index (χ0v) is 10.4. The van der Waals surface area contributed by atoms with Gasteiger partial charge in [-0.3, -0.25) is 14.4 Å². The Bertz CT molecular complexity index is 466. The molecule has 0 unspecified atom stereocenters. The first-order valence-corrected chi connectivity index (χ1v) is 5.52. The minimum atomic E-state index is -1.16. The Morgan fingerprint density at radius 3 is 2.22 bits per heavy atom. The van der Waals surface area contributed by atoms with Crippen molar-refractivity contribution in [1.82, 2.24) is 5.32 Å². The molecule has 5 heteroatoms. The molecule has 5 nitrogen and oxygen atoms in total. The van der Waals surface area contributed by atoms with Crippen molar-refractivity contribution in [3.05, 3.63) is 35.9 Å². The van der Waals surface area contributed by atoms with Crippen LogP contribution in [-0.4, -0.2) is 23.1 Å². The molecule has 0 saturated carbocycles. The van der Waals surface area contributed by atoms with E-state index in [-0.39, 0.29) is 12.2 Å². The van der Waals surface area contributed by atoms with E-state index in [1.165, 1.54) is 13.8 Å². The molecule has 0 spiro atoms. The molecule has 96 valence electrons. The first kappa shape index (κ1) is 13.9. The molecule has 3 N–H and O–H groups in total. The van der Waals surface area contributed by atoms with Gasteiger partial charge in [0.1, 0.15) is 5.54 Å². The summed E-state index contributed by atoms with van der Waals surface area (Å²) in [6.45, 7) is 2.97. The number of primary amides is 1. The second-order valence-corrected chi connectivity index (χ2v) is 4.50. The number of Topliss-reactive ketones (excluding diaryl/α,β-unsaturated/α-hetero) is 1. The summed E-state index contributed by atoms with van der Waals surface area (Å²) in [6, 6.07) is 8.49. The number of hydrogen-bond acceptors (Lipinski definition) is 3. The highest BCUT2D eigenvalue weighted by Crippen LogP contribution is 2.05. The van der Waals surface area contributed by atoms with Crippen LogP contribution in [0.2, 0.25) is 0 Å². The van der Waals surface area contributed by atoms with Crippen LogP contribution in [-0.2, 0) is 9.59 Å². The Hall–Kier alpha value is -2.17. The molecule has 1 aromatic carbocycles. The van der Waals surface area contributed by atoms with Crippen LogP contribution < -0.4 is 11.1 Å². The molecule has 0 atom stereocenters. The average Bonchev–Trinajstić information content (AvgIpc) is 2.29. The SMILES string of the molecule is CC(C)(NC(=O)CC(=O)c1ccccc1)C(N)=O. The van der Waals surface area contributed by atoms with Crippen LogP contribution >= 0.6 is 0 Å². The van der Waals surface area contributed by atoms with E-state index in [0.717, 1.165) is 0 Å². The second kappa shape index (κ2) is 5.44. The summed E-state index contributed by atoms with van der Waals surface area (Å²) in [4.78, 5) is 34.4. The largest absolute Gasteiger partial charge is 0.368 e. The number of benzene rings is 1. The molecule has 0 heterocycles. The quantitative estimate of drug-likeness (QED) is 0.592. The molecule has 0 aliphatic heterocycles. The summed E-state index contributed by atoms with van der Waals surface area (Å²) < 4.78 is 0. The van der Waals surface area contributed by atoms with E-state index in [1.54, 1.807) is 30.3 Å². The van der Waals surface area contributed by atoms with Crippen molar-refractivity contribution in [2.24, 2.45) is 5.73 Å². The molecule has 1 aromatic rings. The van der Waals surface area contributed by atoms with E-state index < -0.39 is 17.4 Å². The number of carbonyl (C=O) groups is 3. The van der Waals surface area contributed by atoms with E-state index in [9.17, 15) is 14.4 Å². The van der Waals surface area contributed by atoms with Gasteiger partial charge < -0.3 is 11.1 Å². The molecule has 0 aliphatic carbocycles. The monoisotopic (exact) mass is 248 g/mol.